The second-order valence-electron chi connectivity index (χ2n) is 1.56. The standard InChI is InChI=1S/C4H7BrClNO2S/c1-4(5)2-7-10(8,9)3-6/h7H,1-3H2. The summed E-state index contributed by atoms with van der Waals surface area (Å²) in [6.07, 6.45) is 0. The van der Waals surface area contributed by atoms with Crippen molar-refractivity contribution in [3.8, 4) is 0 Å². The lowest BCUT2D eigenvalue weighted by atomic mass is 10.7. The molecule has 0 saturated heterocycles. The van der Waals surface area contributed by atoms with Crippen molar-refractivity contribution in [2.24, 2.45) is 0 Å². The van der Waals surface area contributed by atoms with E-state index in [2.05, 4.69) is 27.2 Å². The summed E-state index contributed by atoms with van der Waals surface area (Å²) in [5, 5.41) is -0.423. The van der Waals surface area contributed by atoms with Crippen molar-refractivity contribution in [3.05, 3.63) is 11.1 Å². The summed E-state index contributed by atoms with van der Waals surface area (Å²) in [5.74, 6) is 0. The van der Waals surface area contributed by atoms with Crippen molar-refractivity contribution < 1.29 is 8.42 Å². The highest BCUT2D eigenvalue weighted by molar-refractivity contribution is 9.11. The van der Waals surface area contributed by atoms with Crippen LogP contribution in [0.1, 0.15) is 0 Å². The number of sulfonamides is 1. The molecule has 0 aromatic heterocycles. The molecule has 0 fully saturated rings. The van der Waals surface area contributed by atoms with Crippen LogP contribution in [0.15, 0.2) is 11.1 Å². The lowest BCUT2D eigenvalue weighted by molar-refractivity contribution is 0.590. The molecule has 0 unspecified atom stereocenters. The molecule has 0 aromatic carbocycles. The van der Waals surface area contributed by atoms with E-state index in [0.29, 0.717) is 4.48 Å². The van der Waals surface area contributed by atoms with Gasteiger partial charge in [0, 0.05) is 11.0 Å². The lowest BCUT2D eigenvalue weighted by Crippen LogP contribution is -2.25. The summed E-state index contributed by atoms with van der Waals surface area (Å²) >= 11 is 8.07. The molecule has 0 aromatic rings. The van der Waals surface area contributed by atoms with Crippen LogP contribution in [-0.2, 0) is 10.0 Å². The van der Waals surface area contributed by atoms with Gasteiger partial charge in [0.25, 0.3) is 0 Å². The average Bonchev–Trinajstić information content (AvgIpc) is 1.85. The highest BCUT2D eigenvalue weighted by Crippen LogP contribution is 1.98. The van der Waals surface area contributed by atoms with Gasteiger partial charge in [0.15, 0.2) is 0 Å². The first-order chi connectivity index (χ1) is 4.48. The molecule has 0 bridgehead atoms. The summed E-state index contributed by atoms with van der Waals surface area (Å²) in [6, 6.07) is 0. The summed E-state index contributed by atoms with van der Waals surface area (Å²) in [6.45, 7) is 3.61. The van der Waals surface area contributed by atoms with Crippen molar-refractivity contribution in [3.63, 3.8) is 0 Å². The third-order valence-corrected chi connectivity index (χ3v) is 2.64. The van der Waals surface area contributed by atoms with Gasteiger partial charge in [-0.15, -0.1) is 11.6 Å². The van der Waals surface area contributed by atoms with Crippen molar-refractivity contribution >= 4 is 37.6 Å². The molecule has 0 amide bonds. The molecule has 0 spiro atoms. The minimum Gasteiger partial charge on any atom is -0.211 e. The van der Waals surface area contributed by atoms with E-state index in [1.54, 1.807) is 0 Å². The van der Waals surface area contributed by atoms with Crippen LogP contribution in [0.3, 0.4) is 0 Å². The second-order valence-corrected chi connectivity index (χ2v) is 5.07. The number of hydrogen-bond donors (Lipinski definition) is 1. The van der Waals surface area contributed by atoms with Crippen LogP contribution in [0.4, 0.5) is 0 Å². The molecule has 1 N–H and O–H groups in total. The van der Waals surface area contributed by atoms with Gasteiger partial charge in [-0.25, -0.2) is 13.1 Å². The predicted molar refractivity (Wildman–Crippen MR) is 45.7 cm³/mol. The van der Waals surface area contributed by atoms with E-state index in [1.165, 1.54) is 0 Å². The minimum atomic E-state index is -3.29. The second kappa shape index (κ2) is 4.33. The average molecular weight is 249 g/mol. The van der Waals surface area contributed by atoms with Crippen LogP contribution in [0.2, 0.25) is 0 Å². The molecule has 0 heterocycles. The number of alkyl halides is 1. The van der Waals surface area contributed by atoms with Crippen molar-refractivity contribution in [1.29, 1.82) is 0 Å². The molecule has 0 atom stereocenters. The zero-order chi connectivity index (χ0) is 8.20. The van der Waals surface area contributed by atoms with Crippen molar-refractivity contribution in [1.82, 2.24) is 4.72 Å². The quantitative estimate of drug-likeness (QED) is 0.755. The van der Waals surface area contributed by atoms with Gasteiger partial charge < -0.3 is 0 Å². The molecule has 0 radical (unpaired) electrons. The van der Waals surface area contributed by atoms with Crippen molar-refractivity contribution in [2.45, 2.75) is 0 Å². The van der Waals surface area contributed by atoms with E-state index in [1.807, 2.05) is 0 Å². The zero-order valence-corrected chi connectivity index (χ0v) is 8.26. The van der Waals surface area contributed by atoms with E-state index < -0.39 is 15.2 Å². The van der Waals surface area contributed by atoms with Crippen LogP contribution in [0.25, 0.3) is 0 Å². The third kappa shape index (κ3) is 5.22. The fraction of sp³-hybridized carbons (Fsp3) is 0.500. The normalized spacial score (nSPS) is 11.4. The van der Waals surface area contributed by atoms with Crippen LogP contribution >= 0.6 is 27.5 Å². The number of halogens is 2. The predicted octanol–water partition coefficient (Wildman–Crippen LogP) is 1.01. The fourth-order valence-electron chi connectivity index (χ4n) is 0.227. The Morgan fingerprint density at radius 2 is 2.20 bits per heavy atom. The van der Waals surface area contributed by atoms with E-state index in [0.717, 1.165) is 0 Å². The Hall–Kier alpha value is 0.420. The van der Waals surface area contributed by atoms with Gasteiger partial charge in [-0.05, 0) is 0 Å². The highest BCUT2D eigenvalue weighted by Gasteiger charge is 2.05. The Balaban J connectivity index is 3.81. The van der Waals surface area contributed by atoms with Gasteiger partial charge in [0.2, 0.25) is 10.0 Å². The Kier molecular flexibility index (Phi) is 4.51. The molecule has 0 saturated carbocycles. The maximum absolute atomic E-state index is 10.6. The minimum absolute atomic E-state index is 0.176. The van der Waals surface area contributed by atoms with Gasteiger partial charge in [-0.1, -0.05) is 22.5 Å². The molecule has 10 heavy (non-hydrogen) atoms. The molecular formula is C4H7BrClNO2S. The first-order valence-electron chi connectivity index (χ1n) is 2.34. The SMILES string of the molecule is C=C(Br)CNS(=O)(=O)CCl. The van der Waals surface area contributed by atoms with E-state index in [9.17, 15) is 8.42 Å². The summed E-state index contributed by atoms with van der Waals surface area (Å²) in [7, 11) is -3.29. The number of hydrogen-bond acceptors (Lipinski definition) is 2. The largest absolute Gasteiger partial charge is 0.225 e. The zero-order valence-electron chi connectivity index (χ0n) is 5.10. The summed E-state index contributed by atoms with van der Waals surface area (Å²) < 4.78 is 24.0. The van der Waals surface area contributed by atoms with Gasteiger partial charge in [0.05, 0.1) is 0 Å². The fourth-order valence-corrected chi connectivity index (χ4v) is 1.26. The topological polar surface area (TPSA) is 46.2 Å². The maximum atomic E-state index is 10.6. The molecule has 6 heteroatoms. The molecule has 3 nitrogen and oxygen atoms in total. The van der Waals surface area contributed by atoms with Gasteiger partial charge >= 0.3 is 0 Å². The number of nitrogens with one attached hydrogen (secondary N) is 1. The highest BCUT2D eigenvalue weighted by atomic mass is 79.9. The Labute approximate surface area is 73.6 Å². The van der Waals surface area contributed by atoms with Gasteiger partial charge in [0.1, 0.15) is 5.21 Å². The van der Waals surface area contributed by atoms with E-state index >= 15 is 0 Å². The molecule has 0 aliphatic carbocycles. The van der Waals surface area contributed by atoms with E-state index in [-0.39, 0.29) is 6.54 Å². The van der Waals surface area contributed by atoms with E-state index in [4.69, 9.17) is 11.6 Å². The molecule has 0 rings (SSSR count). The van der Waals surface area contributed by atoms with Gasteiger partial charge in [-0.2, -0.15) is 0 Å². The summed E-state index contributed by atoms with van der Waals surface area (Å²) in [4.78, 5) is 0. The van der Waals surface area contributed by atoms with Crippen LogP contribution in [0.5, 0.6) is 0 Å². The van der Waals surface area contributed by atoms with Crippen LogP contribution in [0, 0.1) is 0 Å². The van der Waals surface area contributed by atoms with Gasteiger partial charge in [-0.3, -0.25) is 0 Å². The first kappa shape index (κ1) is 10.4. The van der Waals surface area contributed by atoms with Crippen LogP contribution < -0.4 is 4.72 Å². The Morgan fingerprint density at radius 1 is 1.70 bits per heavy atom. The molecule has 0 aliphatic rings. The Bertz CT molecular complexity index is 213. The molecule has 0 aliphatic heterocycles. The van der Waals surface area contributed by atoms with Crippen LogP contribution in [-0.4, -0.2) is 20.2 Å². The first-order valence-corrected chi connectivity index (χ1v) is 5.32. The smallest absolute Gasteiger partial charge is 0.211 e. The Morgan fingerprint density at radius 3 is 2.50 bits per heavy atom. The lowest BCUT2D eigenvalue weighted by Gasteiger charge is -1.99. The summed E-state index contributed by atoms with van der Waals surface area (Å²) in [5.41, 5.74) is 0. The van der Waals surface area contributed by atoms with Crippen molar-refractivity contribution in [2.75, 3.05) is 11.8 Å². The third-order valence-electron chi connectivity index (χ3n) is 0.628. The number of rotatable bonds is 4. The molecule has 60 valence electrons. The molecular weight excluding hydrogens is 241 g/mol. The monoisotopic (exact) mass is 247 g/mol. The maximum Gasteiger partial charge on any atom is 0.225 e.